The lowest BCUT2D eigenvalue weighted by Gasteiger charge is -2.25. The number of aromatic nitrogens is 2. The van der Waals surface area contributed by atoms with Crippen LogP contribution in [-0.4, -0.2) is 77.3 Å². The van der Waals surface area contributed by atoms with Gasteiger partial charge in [0, 0.05) is 62.9 Å². The van der Waals surface area contributed by atoms with E-state index in [1.165, 1.54) is 18.4 Å². The Morgan fingerprint density at radius 2 is 2.03 bits per heavy atom. The molecule has 2 aromatic heterocycles. The molecule has 200 valence electrons. The fourth-order valence-corrected chi connectivity index (χ4v) is 5.63. The number of rotatable bonds is 11. The van der Waals surface area contributed by atoms with Crippen LogP contribution >= 0.6 is 0 Å². The molecule has 0 spiro atoms. The van der Waals surface area contributed by atoms with Gasteiger partial charge in [-0.15, -0.1) is 0 Å². The highest BCUT2D eigenvalue weighted by atomic mass is 16.5. The molecule has 5 rings (SSSR count). The third-order valence-corrected chi connectivity index (χ3v) is 7.66. The summed E-state index contributed by atoms with van der Waals surface area (Å²) < 4.78 is 7.45. The number of aldehydes is 1. The van der Waals surface area contributed by atoms with Crippen molar-refractivity contribution in [3.63, 3.8) is 0 Å². The second-order valence-electron chi connectivity index (χ2n) is 10.1. The Morgan fingerprint density at radius 3 is 2.76 bits per heavy atom. The second-order valence-corrected chi connectivity index (χ2v) is 10.1. The molecule has 9 nitrogen and oxygen atoms in total. The van der Waals surface area contributed by atoms with Crippen molar-refractivity contribution in [2.24, 2.45) is 0 Å². The molecule has 2 aliphatic rings. The number of amides is 2. The van der Waals surface area contributed by atoms with E-state index in [-0.39, 0.29) is 18.2 Å². The number of nitrogens with one attached hydrogen (secondary N) is 1. The average Bonchev–Trinajstić information content (AvgIpc) is 3.67. The number of methoxy groups -OCH3 is 1. The summed E-state index contributed by atoms with van der Waals surface area (Å²) in [6.07, 6.45) is 5.84. The number of pyridine rings is 1. The molecule has 0 saturated carbocycles. The van der Waals surface area contributed by atoms with Crippen LogP contribution in [0.2, 0.25) is 0 Å². The molecule has 9 heteroatoms. The quantitative estimate of drug-likeness (QED) is 0.393. The Kier molecular flexibility index (Phi) is 7.85. The fourth-order valence-electron chi connectivity index (χ4n) is 5.63. The van der Waals surface area contributed by atoms with Gasteiger partial charge in [-0.25, -0.2) is 4.98 Å². The van der Waals surface area contributed by atoms with Crippen LogP contribution in [-0.2, 0) is 34.0 Å². The van der Waals surface area contributed by atoms with Crippen molar-refractivity contribution < 1.29 is 19.1 Å². The Labute approximate surface area is 222 Å². The number of carbonyl (C=O) groups is 3. The molecule has 2 aliphatic heterocycles. The molecule has 1 unspecified atom stereocenters. The van der Waals surface area contributed by atoms with Gasteiger partial charge in [-0.2, -0.15) is 0 Å². The van der Waals surface area contributed by atoms with E-state index in [0.717, 1.165) is 60.3 Å². The topological polar surface area (TPSA) is 96.8 Å². The van der Waals surface area contributed by atoms with E-state index in [2.05, 4.69) is 33.1 Å². The highest BCUT2D eigenvalue weighted by Gasteiger charge is 2.36. The Balaban J connectivity index is 1.50. The lowest BCUT2D eigenvalue weighted by molar-refractivity contribution is -0.125. The first-order valence-electron chi connectivity index (χ1n) is 13.3. The minimum atomic E-state index is -0.681. The van der Waals surface area contributed by atoms with E-state index in [9.17, 15) is 14.4 Å². The first-order chi connectivity index (χ1) is 18.5. The summed E-state index contributed by atoms with van der Waals surface area (Å²) >= 11 is 0. The highest BCUT2D eigenvalue weighted by Crippen LogP contribution is 2.32. The molecule has 0 aliphatic carbocycles. The van der Waals surface area contributed by atoms with Gasteiger partial charge in [0.15, 0.2) is 0 Å². The molecule has 2 amide bonds. The normalized spacial score (nSPS) is 16.3. The third-order valence-electron chi connectivity index (χ3n) is 7.66. The number of carbonyl (C=O) groups excluding carboxylic acids is 3. The number of benzene rings is 1. The van der Waals surface area contributed by atoms with Crippen LogP contribution in [0.4, 0.5) is 0 Å². The zero-order chi connectivity index (χ0) is 26.6. The lowest BCUT2D eigenvalue weighted by Crippen LogP contribution is -2.46. The monoisotopic (exact) mass is 517 g/mol. The summed E-state index contributed by atoms with van der Waals surface area (Å²) in [7, 11) is 3.25. The third kappa shape index (κ3) is 5.08. The van der Waals surface area contributed by atoms with Gasteiger partial charge in [0.05, 0.1) is 12.3 Å². The summed E-state index contributed by atoms with van der Waals surface area (Å²) in [5.41, 5.74) is 5.43. The number of hydrogen-bond acceptors (Lipinski definition) is 6. The Bertz CT molecular complexity index is 1340. The van der Waals surface area contributed by atoms with Gasteiger partial charge in [-0.1, -0.05) is 6.07 Å². The Hall–Kier alpha value is -3.56. The Morgan fingerprint density at radius 1 is 1.21 bits per heavy atom. The van der Waals surface area contributed by atoms with Crippen LogP contribution in [0.1, 0.15) is 47.2 Å². The maximum atomic E-state index is 13.2. The maximum Gasteiger partial charge on any atom is 0.255 e. The molecule has 0 bridgehead atoms. The van der Waals surface area contributed by atoms with Gasteiger partial charge < -0.3 is 24.3 Å². The van der Waals surface area contributed by atoms with Crippen molar-refractivity contribution in [1.82, 2.24) is 24.7 Å². The summed E-state index contributed by atoms with van der Waals surface area (Å²) in [6.45, 7) is 4.74. The number of likely N-dealkylation sites (N-methyl/N-ethyl adjacent to an activating group) is 1. The van der Waals surface area contributed by atoms with Crippen molar-refractivity contribution in [2.75, 3.05) is 33.9 Å². The van der Waals surface area contributed by atoms with Gasteiger partial charge in [0.1, 0.15) is 18.0 Å². The van der Waals surface area contributed by atoms with Crippen molar-refractivity contribution in [1.29, 1.82) is 0 Å². The zero-order valence-electron chi connectivity index (χ0n) is 22.1. The van der Waals surface area contributed by atoms with Gasteiger partial charge >= 0.3 is 0 Å². The molecule has 1 aromatic carbocycles. The summed E-state index contributed by atoms with van der Waals surface area (Å²) in [5, 5.41) is 3.79. The van der Waals surface area contributed by atoms with E-state index in [1.54, 1.807) is 19.1 Å². The number of nitrogens with zero attached hydrogens (tertiary/aromatic N) is 4. The zero-order valence-corrected chi connectivity index (χ0v) is 22.1. The van der Waals surface area contributed by atoms with Gasteiger partial charge in [-0.3, -0.25) is 14.5 Å². The molecule has 1 N–H and O–H groups in total. The molecule has 1 atom stereocenters. The highest BCUT2D eigenvalue weighted by molar-refractivity contribution is 6.01. The molecule has 1 saturated heterocycles. The van der Waals surface area contributed by atoms with Crippen LogP contribution in [0.3, 0.4) is 0 Å². The molecule has 1 fully saturated rings. The summed E-state index contributed by atoms with van der Waals surface area (Å²) in [5.74, 6) is -0.443. The molecule has 38 heavy (non-hydrogen) atoms. The van der Waals surface area contributed by atoms with Crippen LogP contribution in [0.5, 0.6) is 0 Å². The molecular formula is C29H35N5O4. The number of ether oxygens (including phenoxy) is 1. The van der Waals surface area contributed by atoms with Gasteiger partial charge in [-0.05, 0) is 67.7 Å². The van der Waals surface area contributed by atoms with E-state index in [0.29, 0.717) is 25.1 Å². The molecule has 0 radical (unpaired) electrons. The molecule has 3 aromatic rings. The largest absolute Gasteiger partial charge is 0.383 e. The smallest absolute Gasteiger partial charge is 0.255 e. The minimum absolute atomic E-state index is 0.183. The van der Waals surface area contributed by atoms with Crippen LogP contribution in [0.15, 0.2) is 36.5 Å². The maximum absolute atomic E-state index is 13.2. The average molecular weight is 518 g/mol. The SMILES string of the molecule is CNC(=O)C(CCC=O)N1Cc2cc(-c3cc(CN4CCCC4)c4ccn(CCOC)c4n3)ccc2C1=O. The van der Waals surface area contributed by atoms with Crippen LogP contribution in [0.25, 0.3) is 22.3 Å². The molecular weight excluding hydrogens is 482 g/mol. The van der Waals surface area contributed by atoms with Crippen molar-refractivity contribution in [3.05, 3.63) is 53.2 Å². The van der Waals surface area contributed by atoms with Gasteiger partial charge in [0.2, 0.25) is 5.91 Å². The predicted molar refractivity (Wildman–Crippen MR) is 145 cm³/mol. The lowest BCUT2D eigenvalue weighted by atomic mass is 10.0. The number of hydrogen-bond donors (Lipinski definition) is 1. The van der Waals surface area contributed by atoms with Crippen LogP contribution < -0.4 is 5.32 Å². The number of likely N-dealkylation sites (tertiary alicyclic amines) is 1. The van der Waals surface area contributed by atoms with E-state index in [1.807, 2.05) is 18.2 Å². The first kappa shape index (κ1) is 26.1. The second kappa shape index (κ2) is 11.4. The van der Waals surface area contributed by atoms with E-state index >= 15 is 0 Å². The first-order valence-corrected chi connectivity index (χ1v) is 13.3. The van der Waals surface area contributed by atoms with E-state index < -0.39 is 6.04 Å². The molecule has 4 heterocycles. The van der Waals surface area contributed by atoms with E-state index in [4.69, 9.17) is 9.72 Å². The minimum Gasteiger partial charge on any atom is -0.383 e. The van der Waals surface area contributed by atoms with Crippen LogP contribution in [0, 0.1) is 0 Å². The van der Waals surface area contributed by atoms with Gasteiger partial charge in [0.25, 0.3) is 5.91 Å². The fraction of sp³-hybridized carbons (Fsp3) is 0.448. The summed E-state index contributed by atoms with van der Waals surface area (Å²) in [6, 6.07) is 9.43. The number of fused-ring (bicyclic) bond motifs is 2. The van der Waals surface area contributed by atoms with Crippen molar-refractivity contribution in [2.45, 2.75) is 51.4 Å². The summed E-state index contributed by atoms with van der Waals surface area (Å²) in [4.78, 5) is 45.8. The van der Waals surface area contributed by atoms with Crippen molar-refractivity contribution in [3.8, 4) is 11.3 Å². The predicted octanol–water partition coefficient (Wildman–Crippen LogP) is 3.00. The standard InChI is InChI=1S/C29H35N5O4/c1-30-28(36)26(6-5-14-35)34-19-21-16-20(7-8-24(21)29(34)37)25-17-22(18-32-10-3-4-11-32)23-9-12-33(13-15-38-2)27(23)31-25/h7-9,12,14,16-17,26H,3-6,10-11,13,15,18-19H2,1-2H3,(H,30,36). The van der Waals surface area contributed by atoms with Crippen molar-refractivity contribution >= 4 is 29.1 Å².